The lowest BCUT2D eigenvalue weighted by Gasteiger charge is -2.24. The van der Waals surface area contributed by atoms with Crippen LogP contribution in [-0.4, -0.2) is 24.3 Å². The van der Waals surface area contributed by atoms with Crippen molar-refractivity contribution in [3.8, 4) is 0 Å². The predicted octanol–water partition coefficient (Wildman–Crippen LogP) is 2.33. The Morgan fingerprint density at radius 1 is 1.39 bits per heavy atom. The third kappa shape index (κ3) is 4.20. The molecule has 0 spiro atoms. The summed E-state index contributed by atoms with van der Waals surface area (Å²) in [5.41, 5.74) is 0.897. The fourth-order valence-electron chi connectivity index (χ4n) is 1.69. The number of carbonyl (C=O) groups excluding carboxylic acids is 1. The van der Waals surface area contributed by atoms with E-state index in [4.69, 9.17) is 16.7 Å². The number of urea groups is 1. The van der Waals surface area contributed by atoms with Crippen molar-refractivity contribution in [2.45, 2.75) is 19.9 Å². The number of halogens is 1. The van der Waals surface area contributed by atoms with Gasteiger partial charge in [0.05, 0.1) is 12.6 Å². The van der Waals surface area contributed by atoms with Gasteiger partial charge in [-0.2, -0.15) is 0 Å². The van der Waals surface area contributed by atoms with E-state index in [1.807, 2.05) is 32.0 Å². The Morgan fingerprint density at radius 2 is 2.06 bits per heavy atom. The fraction of sp³-hybridized carbons (Fsp3) is 0.462. The summed E-state index contributed by atoms with van der Waals surface area (Å²) in [6, 6.07) is 7.00. The zero-order chi connectivity index (χ0) is 13.5. The summed E-state index contributed by atoms with van der Waals surface area (Å²) in [6.07, 6.45) is 0. The average Bonchev–Trinajstić information content (AvgIpc) is 2.34. The zero-order valence-electron chi connectivity index (χ0n) is 10.6. The molecule has 3 N–H and O–H groups in total. The first-order chi connectivity index (χ1) is 8.56. The number of nitrogens with one attached hydrogen (secondary N) is 2. The lowest BCUT2D eigenvalue weighted by Crippen LogP contribution is -2.40. The lowest BCUT2D eigenvalue weighted by atomic mass is 9.96. The second kappa shape index (κ2) is 7.24. The number of hydrogen-bond acceptors (Lipinski definition) is 2. The highest BCUT2D eigenvalue weighted by molar-refractivity contribution is 6.31. The summed E-state index contributed by atoms with van der Waals surface area (Å²) < 4.78 is 0. The van der Waals surface area contributed by atoms with E-state index in [1.54, 1.807) is 6.07 Å². The Morgan fingerprint density at radius 3 is 2.61 bits per heavy atom. The molecule has 4 nitrogen and oxygen atoms in total. The molecule has 1 aromatic carbocycles. The maximum atomic E-state index is 11.6. The van der Waals surface area contributed by atoms with Crippen LogP contribution in [0, 0.1) is 5.92 Å². The maximum Gasteiger partial charge on any atom is 0.315 e. The van der Waals surface area contributed by atoms with E-state index in [2.05, 4.69) is 10.6 Å². The molecule has 0 aliphatic heterocycles. The highest BCUT2D eigenvalue weighted by Crippen LogP contribution is 2.27. The normalized spacial score (nSPS) is 12.3. The Bertz CT molecular complexity index is 396. The Kier molecular flexibility index (Phi) is 5.95. The smallest absolute Gasteiger partial charge is 0.315 e. The third-order valence-corrected chi connectivity index (χ3v) is 2.94. The van der Waals surface area contributed by atoms with Crippen molar-refractivity contribution < 1.29 is 9.90 Å². The van der Waals surface area contributed by atoms with Crippen LogP contribution in [0.2, 0.25) is 5.02 Å². The minimum absolute atomic E-state index is 0.0775. The number of hydrogen-bond donors (Lipinski definition) is 3. The van der Waals surface area contributed by atoms with E-state index in [9.17, 15) is 4.79 Å². The molecule has 0 radical (unpaired) electrons. The van der Waals surface area contributed by atoms with Gasteiger partial charge >= 0.3 is 6.03 Å². The second-order valence-electron chi connectivity index (χ2n) is 4.37. The minimum atomic E-state index is -0.303. The van der Waals surface area contributed by atoms with E-state index in [0.29, 0.717) is 5.02 Å². The average molecular weight is 271 g/mol. The molecule has 100 valence electrons. The minimum Gasteiger partial charge on any atom is -0.395 e. The van der Waals surface area contributed by atoms with Crippen LogP contribution in [0.5, 0.6) is 0 Å². The molecule has 1 rings (SSSR count). The monoisotopic (exact) mass is 270 g/mol. The molecule has 18 heavy (non-hydrogen) atoms. The Balaban J connectivity index is 2.78. The highest BCUT2D eigenvalue weighted by Gasteiger charge is 2.20. The van der Waals surface area contributed by atoms with Gasteiger partial charge in [0, 0.05) is 11.6 Å². The molecule has 2 amide bonds. The quantitative estimate of drug-likeness (QED) is 0.769. The summed E-state index contributed by atoms with van der Waals surface area (Å²) in [5.74, 6) is 0.213. The number of amides is 2. The first-order valence-corrected chi connectivity index (χ1v) is 6.33. The Hall–Kier alpha value is -1.26. The molecule has 0 fully saturated rings. The van der Waals surface area contributed by atoms with Gasteiger partial charge in [0.1, 0.15) is 0 Å². The van der Waals surface area contributed by atoms with Gasteiger partial charge in [-0.05, 0) is 17.5 Å². The lowest BCUT2D eigenvalue weighted by molar-refractivity contribution is 0.227. The number of carbonyl (C=O) groups is 1. The molecule has 1 unspecified atom stereocenters. The molecule has 0 heterocycles. The number of rotatable bonds is 5. The topological polar surface area (TPSA) is 61.4 Å². The number of aliphatic hydroxyl groups is 1. The van der Waals surface area contributed by atoms with E-state index in [0.717, 1.165) is 5.56 Å². The molecule has 0 bridgehead atoms. The molecule has 0 aliphatic carbocycles. The standard InChI is InChI=1S/C13H19ClN2O2/c1-9(2)12(16-13(18)15-7-8-17)10-5-3-4-6-11(10)14/h3-6,9,12,17H,7-8H2,1-2H3,(H2,15,16,18). The summed E-state index contributed by atoms with van der Waals surface area (Å²) >= 11 is 6.14. The molecular formula is C13H19ClN2O2. The van der Waals surface area contributed by atoms with Crippen molar-refractivity contribution in [1.82, 2.24) is 10.6 Å². The van der Waals surface area contributed by atoms with Crippen LogP contribution >= 0.6 is 11.6 Å². The van der Waals surface area contributed by atoms with Gasteiger partial charge in [0.2, 0.25) is 0 Å². The first-order valence-electron chi connectivity index (χ1n) is 5.96. The van der Waals surface area contributed by atoms with Crippen LogP contribution in [0.4, 0.5) is 4.79 Å². The van der Waals surface area contributed by atoms with E-state index in [-0.39, 0.29) is 31.1 Å². The molecule has 0 aromatic heterocycles. The summed E-state index contributed by atoms with van der Waals surface area (Å²) in [7, 11) is 0. The second-order valence-corrected chi connectivity index (χ2v) is 4.77. The van der Waals surface area contributed by atoms with Crippen molar-refractivity contribution >= 4 is 17.6 Å². The van der Waals surface area contributed by atoms with Crippen molar-refractivity contribution in [1.29, 1.82) is 0 Å². The predicted molar refractivity (Wildman–Crippen MR) is 72.7 cm³/mol. The molecule has 1 atom stereocenters. The van der Waals surface area contributed by atoms with Crippen LogP contribution in [0.1, 0.15) is 25.5 Å². The molecule has 5 heteroatoms. The Labute approximate surface area is 112 Å². The van der Waals surface area contributed by atoms with Crippen LogP contribution < -0.4 is 10.6 Å². The van der Waals surface area contributed by atoms with Crippen LogP contribution in [0.3, 0.4) is 0 Å². The SMILES string of the molecule is CC(C)C(NC(=O)NCCO)c1ccccc1Cl. The maximum absolute atomic E-state index is 11.6. The first kappa shape index (κ1) is 14.8. The molecule has 0 saturated carbocycles. The van der Waals surface area contributed by atoms with Crippen LogP contribution in [-0.2, 0) is 0 Å². The van der Waals surface area contributed by atoms with E-state index >= 15 is 0 Å². The zero-order valence-corrected chi connectivity index (χ0v) is 11.4. The van der Waals surface area contributed by atoms with Gasteiger partial charge in [-0.1, -0.05) is 43.6 Å². The van der Waals surface area contributed by atoms with Gasteiger partial charge in [-0.25, -0.2) is 4.79 Å². The molecule has 0 saturated heterocycles. The number of aliphatic hydroxyl groups excluding tert-OH is 1. The fourth-order valence-corrected chi connectivity index (χ4v) is 1.95. The third-order valence-electron chi connectivity index (χ3n) is 2.59. The number of benzene rings is 1. The summed E-state index contributed by atoms with van der Waals surface area (Å²) in [5, 5.41) is 14.7. The summed E-state index contributed by atoms with van der Waals surface area (Å²) in [6.45, 7) is 4.19. The van der Waals surface area contributed by atoms with Crippen molar-refractivity contribution in [2.24, 2.45) is 5.92 Å². The highest BCUT2D eigenvalue weighted by atomic mass is 35.5. The van der Waals surface area contributed by atoms with Crippen LogP contribution in [0.25, 0.3) is 0 Å². The van der Waals surface area contributed by atoms with E-state index < -0.39 is 0 Å². The molecule has 0 aliphatic rings. The van der Waals surface area contributed by atoms with Crippen molar-refractivity contribution in [2.75, 3.05) is 13.2 Å². The van der Waals surface area contributed by atoms with E-state index in [1.165, 1.54) is 0 Å². The van der Waals surface area contributed by atoms with Crippen LogP contribution in [0.15, 0.2) is 24.3 Å². The van der Waals surface area contributed by atoms with Crippen molar-refractivity contribution in [3.05, 3.63) is 34.9 Å². The van der Waals surface area contributed by atoms with Gasteiger partial charge in [-0.3, -0.25) is 0 Å². The summed E-state index contributed by atoms with van der Waals surface area (Å²) in [4.78, 5) is 11.6. The van der Waals surface area contributed by atoms with Gasteiger partial charge in [0.15, 0.2) is 0 Å². The van der Waals surface area contributed by atoms with Crippen molar-refractivity contribution in [3.63, 3.8) is 0 Å². The van der Waals surface area contributed by atoms with Gasteiger partial charge in [-0.15, -0.1) is 0 Å². The van der Waals surface area contributed by atoms with Gasteiger partial charge in [0.25, 0.3) is 0 Å². The molecule has 1 aromatic rings. The molecular weight excluding hydrogens is 252 g/mol. The van der Waals surface area contributed by atoms with Gasteiger partial charge < -0.3 is 15.7 Å². The largest absolute Gasteiger partial charge is 0.395 e.